The molecule has 0 aliphatic carbocycles. The highest BCUT2D eigenvalue weighted by molar-refractivity contribution is 5.91. The minimum atomic E-state index is -0.701. The van der Waals surface area contributed by atoms with Gasteiger partial charge in [-0.1, -0.05) is 42.8 Å². The van der Waals surface area contributed by atoms with Crippen LogP contribution in [-0.4, -0.2) is 26.3 Å². The van der Waals surface area contributed by atoms with Crippen LogP contribution in [0.25, 0.3) is 5.69 Å². The molecule has 3 aromatic rings. The van der Waals surface area contributed by atoms with Gasteiger partial charge in [0.05, 0.1) is 12.2 Å². The van der Waals surface area contributed by atoms with Crippen molar-refractivity contribution in [1.82, 2.24) is 19.7 Å². The quantitative estimate of drug-likeness (QED) is 0.664. The number of benzene rings is 2. The molecule has 0 spiro atoms. The molecule has 7 nitrogen and oxygen atoms in total. The first-order valence-electron chi connectivity index (χ1n) is 10.4. The third kappa shape index (κ3) is 4.82. The Morgan fingerprint density at radius 2 is 1.81 bits per heavy atom. The van der Waals surface area contributed by atoms with E-state index < -0.39 is 17.2 Å². The molecule has 3 rings (SSSR count). The second kappa shape index (κ2) is 9.12. The van der Waals surface area contributed by atoms with Crippen LogP contribution in [0.5, 0.6) is 0 Å². The first kappa shape index (κ1) is 22.2. The van der Waals surface area contributed by atoms with Gasteiger partial charge in [-0.15, -0.1) is 0 Å². The molecule has 0 saturated carbocycles. The van der Waals surface area contributed by atoms with Gasteiger partial charge in [0.1, 0.15) is 0 Å². The zero-order valence-corrected chi connectivity index (χ0v) is 18.6. The van der Waals surface area contributed by atoms with E-state index in [1.165, 1.54) is 0 Å². The fourth-order valence-corrected chi connectivity index (χ4v) is 3.21. The number of rotatable bonds is 6. The lowest BCUT2D eigenvalue weighted by atomic mass is 10.1. The summed E-state index contributed by atoms with van der Waals surface area (Å²) in [7, 11) is 0. The van der Waals surface area contributed by atoms with E-state index in [0.717, 1.165) is 31.5 Å². The smallest absolute Gasteiger partial charge is 0.348 e. The van der Waals surface area contributed by atoms with Gasteiger partial charge in [-0.2, -0.15) is 9.78 Å². The molecule has 1 heterocycles. The Morgan fingerprint density at radius 3 is 2.45 bits per heavy atom. The van der Waals surface area contributed by atoms with Crippen molar-refractivity contribution >= 4 is 5.91 Å². The van der Waals surface area contributed by atoms with Crippen LogP contribution in [0, 0.1) is 20.8 Å². The van der Waals surface area contributed by atoms with Crippen LogP contribution in [-0.2, 0) is 6.54 Å². The van der Waals surface area contributed by atoms with Crippen molar-refractivity contribution in [3.8, 4) is 5.69 Å². The lowest BCUT2D eigenvalue weighted by Gasteiger charge is -2.15. The molecule has 1 aromatic heterocycles. The SMILES string of the molecule is CCC(C)NC(=O)c1nn(-c2ccc(C)c(C)c2)c(=O)n(Cc2cccc(C)c2)c1=O. The van der Waals surface area contributed by atoms with Gasteiger partial charge in [-0.25, -0.2) is 4.79 Å². The molecule has 1 amide bonds. The number of hydrogen-bond donors (Lipinski definition) is 1. The number of amides is 1. The van der Waals surface area contributed by atoms with Crippen molar-refractivity contribution in [2.75, 3.05) is 0 Å². The third-order valence-corrected chi connectivity index (χ3v) is 5.42. The number of carbonyl (C=O) groups is 1. The van der Waals surface area contributed by atoms with E-state index in [2.05, 4.69) is 10.4 Å². The first-order chi connectivity index (χ1) is 14.7. The second-order valence-corrected chi connectivity index (χ2v) is 7.97. The summed E-state index contributed by atoms with van der Waals surface area (Å²) >= 11 is 0. The van der Waals surface area contributed by atoms with Gasteiger partial charge < -0.3 is 5.32 Å². The van der Waals surface area contributed by atoms with Gasteiger partial charge in [-0.3, -0.25) is 14.2 Å². The van der Waals surface area contributed by atoms with E-state index in [1.807, 2.05) is 71.0 Å². The Kier molecular flexibility index (Phi) is 6.53. The summed E-state index contributed by atoms with van der Waals surface area (Å²) in [4.78, 5) is 39.2. The number of nitrogens with one attached hydrogen (secondary N) is 1. The first-order valence-corrected chi connectivity index (χ1v) is 10.4. The molecule has 1 N–H and O–H groups in total. The van der Waals surface area contributed by atoms with Gasteiger partial charge in [0, 0.05) is 6.04 Å². The summed E-state index contributed by atoms with van der Waals surface area (Å²) in [5.74, 6) is -0.588. The molecule has 0 saturated heterocycles. The topological polar surface area (TPSA) is 86.0 Å². The van der Waals surface area contributed by atoms with Gasteiger partial charge in [0.2, 0.25) is 5.69 Å². The predicted molar refractivity (Wildman–Crippen MR) is 121 cm³/mol. The van der Waals surface area contributed by atoms with Crippen LogP contribution in [0.15, 0.2) is 52.1 Å². The number of nitrogens with zero attached hydrogens (tertiary/aromatic N) is 3. The Bertz CT molecular complexity index is 1240. The maximum absolute atomic E-state index is 13.3. The Morgan fingerprint density at radius 1 is 1.06 bits per heavy atom. The highest BCUT2D eigenvalue weighted by Gasteiger charge is 2.21. The van der Waals surface area contributed by atoms with E-state index in [0.29, 0.717) is 12.1 Å². The van der Waals surface area contributed by atoms with E-state index in [-0.39, 0.29) is 18.3 Å². The van der Waals surface area contributed by atoms with Crippen molar-refractivity contribution in [3.05, 3.63) is 91.3 Å². The Labute approximate surface area is 181 Å². The normalized spacial score (nSPS) is 11.9. The Hall–Kier alpha value is -3.48. The highest BCUT2D eigenvalue weighted by atomic mass is 16.2. The van der Waals surface area contributed by atoms with E-state index >= 15 is 0 Å². The van der Waals surface area contributed by atoms with Crippen molar-refractivity contribution in [3.63, 3.8) is 0 Å². The molecule has 162 valence electrons. The summed E-state index contributed by atoms with van der Waals surface area (Å²) in [6.07, 6.45) is 0.708. The molecule has 7 heteroatoms. The van der Waals surface area contributed by atoms with Gasteiger partial charge in [0.25, 0.3) is 11.5 Å². The van der Waals surface area contributed by atoms with Gasteiger partial charge >= 0.3 is 5.69 Å². The molecule has 1 atom stereocenters. The lowest BCUT2D eigenvalue weighted by Crippen LogP contribution is -2.47. The van der Waals surface area contributed by atoms with E-state index in [9.17, 15) is 14.4 Å². The van der Waals surface area contributed by atoms with Crippen molar-refractivity contribution in [2.24, 2.45) is 0 Å². The average molecular weight is 421 g/mol. The molecule has 0 radical (unpaired) electrons. The molecule has 31 heavy (non-hydrogen) atoms. The number of carbonyl (C=O) groups excluding carboxylic acids is 1. The summed E-state index contributed by atoms with van der Waals surface area (Å²) in [6, 6.07) is 12.9. The Balaban J connectivity index is 2.21. The third-order valence-electron chi connectivity index (χ3n) is 5.42. The maximum Gasteiger partial charge on any atom is 0.352 e. The molecular weight excluding hydrogens is 392 g/mol. The molecule has 1 unspecified atom stereocenters. The van der Waals surface area contributed by atoms with Gasteiger partial charge in [-0.05, 0) is 62.9 Å². The molecule has 2 aromatic carbocycles. The standard InChI is InChI=1S/C24H28N4O3/c1-6-18(5)25-22(29)21-23(30)27(14-19-9-7-8-15(2)12-19)24(31)28(26-21)20-11-10-16(3)17(4)13-20/h7-13,18H,6,14H2,1-5H3,(H,25,29). The summed E-state index contributed by atoms with van der Waals surface area (Å²) in [5, 5.41) is 6.95. The zero-order chi connectivity index (χ0) is 22.7. The maximum atomic E-state index is 13.3. The van der Waals surface area contributed by atoms with Crippen molar-refractivity contribution in [2.45, 2.75) is 53.6 Å². The molecule has 0 aliphatic rings. The van der Waals surface area contributed by atoms with Crippen LogP contribution >= 0.6 is 0 Å². The highest BCUT2D eigenvalue weighted by Crippen LogP contribution is 2.12. The summed E-state index contributed by atoms with van der Waals surface area (Å²) in [6.45, 7) is 9.68. The van der Waals surface area contributed by atoms with Crippen LogP contribution in [0.1, 0.15) is 53.0 Å². The fraction of sp³-hybridized carbons (Fsp3) is 0.333. The van der Waals surface area contributed by atoms with Gasteiger partial charge in [0.15, 0.2) is 0 Å². The van der Waals surface area contributed by atoms with E-state index in [4.69, 9.17) is 0 Å². The minimum absolute atomic E-state index is 0.0519. The van der Waals surface area contributed by atoms with Crippen LogP contribution in [0.3, 0.4) is 0 Å². The molecule has 0 aliphatic heterocycles. The largest absolute Gasteiger partial charge is 0.352 e. The van der Waals surface area contributed by atoms with Crippen molar-refractivity contribution in [1.29, 1.82) is 0 Å². The van der Waals surface area contributed by atoms with Crippen molar-refractivity contribution < 1.29 is 4.79 Å². The molecular formula is C24H28N4O3. The van der Waals surface area contributed by atoms with Crippen LogP contribution < -0.4 is 16.6 Å². The molecule has 0 bridgehead atoms. The minimum Gasteiger partial charge on any atom is -0.348 e. The monoisotopic (exact) mass is 420 g/mol. The summed E-state index contributed by atoms with van der Waals surface area (Å²) < 4.78 is 2.21. The lowest BCUT2D eigenvalue weighted by molar-refractivity contribution is 0.0929. The number of hydrogen-bond acceptors (Lipinski definition) is 4. The zero-order valence-electron chi connectivity index (χ0n) is 18.6. The average Bonchev–Trinajstić information content (AvgIpc) is 2.73. The predicted octanol–water partition coefficient (Wildman–Crippen LogP) is 2.90. The summed E-state index contributed by atoms with van der Waals surface area (Å²) in [5.41, 5.74) is 2.78. The fourth-order valence-electron chi connectivity index (χ4n) is 3.21. The second-order valence-electron chi connectivity index (χ2n) is 7.97. The van der Waals surface area contributed by atoms with Crippen LogP contribution in [0.2, 0.25) is 0 Å². The van der Waals surface area contributed by atoms with E-state index in [1.54, 1.807) is 6.07 Å². The number of aryl methyl sites for hydroxylation is 3. The van der Waals surface area contributed by atoms with Crippen LogP contribution in [0.4, 0.5) is 0 Å². The molecule has 0 fully saturated rings. The number of aromatic nitrogens is 3.